The molecule has 0 aromatic heterocycles. The van der Waals surface area contributed by atoms with Crippen molar-refractivity contribution in [1.82, 2.24) is 0 Å². The molecule has 1 heteroatoms. The average molecular weight is 288 g/mol. The molecule has 0 atom stereocenters. The third-order valence-electron chi connectivity index (χ3n) is 4.19. The number of carbonyl (C=O) groups is 1. The molecule has 0 radical (unpaired) electrons. The van der Waals surface area contributed by atoms with E-state index in [-0.39, 0.29) is 11.2 Å². The summed E-state index contributed by atoms with van der Waals surface area (Å²) in [6, 6.07) is 9.69. The van der Waals surface area contributed by atoms with Crippen molar-refractivity contribution >= 4 is 5.78 Å². The fraction of sp³-hybridized carbons (Fsp3) is 0.650. The summed E-state index contributed by atoms with van der Waals surface area (Å²) in [5.41, 5.74) is 0.973. The molecule has 0 amide bonds. The lowest BCUT2D eigenvalue weighted by Gasteiger charge is -2.23. The smallest absolute Gasteiger partial charge is 0.163 e. The minimum absolute atomic E-state index is 0.121. The number of rotatable bonds is 11. The lowest BCUT2D eigenvalue weighted by atomic mass is 9.81. The van der Waals surface area contributed by atoms with Gasteiger partial charge in [-0.15, -0.1) is 0 Å². The number of Topliss-reactive ketones (excluding diaryl/α,β-unsaturated/α-hetero) is 1. The SMILES string of the molecule is CCCCCCCCCC(C)(C)CC(=O)c1ccccc1. The van der Waals surface area contributed by atoms with E-state index in [2.05, 4.69) is 20.8 Å². The summed E-state index contributed by atoms with van der Waals surface area (Å²) < 4.78 is 0. The van der Waals surface area contributed by atoms with Gasteiger partial charge in [-0.1, -0.05) is 96.0 Å². The van der Waals surface area contributed by atoms with E-state index in [0.29, 0.717) is 6.42 Å². The number of hydrogen-bond acceptors (Lipinski definition) is 1. The van der Waals surface area contributed by atoms with Gasteiger partial charge in [-0.05, 0) is 11.8 Å². The average Bonchev–Trinajstić information content (AvgIpc) is 2.46. The number of ketones is 1. The maximum Gasteiger partial charge on any atom is 0.163 e. The van der Waals surface area contributed by atoms with E-state index in [1.54, 1.807) is 0 Å². The van der Waals surface area contributed by atoms with Gasteiger partial charge >= 0.3 is 0 Å². The lowest BCUT2D eigenvalue weighted by molar-refractivity contribution is 0.0924. The third-order valence-corrected chi connectivity index (χ3v) is 4.19. The van der Waals surface area contributed by atoms with Gasteiger partial charge in [0.05, 0.1) is 0 Å². The quantitative estimate of drug-likeness (QED) is 0.339. The fourth-order valence-electron chi connectivity index (χ4n) is 2.81. The summed E-state index contributed by atoms with van der Waals surface area (Å²) in [6.07, 6.45) is 11.2. The lowest BCUT2D eigenvalue weighted by Crippen LogP contribution is -2.17. The zero-order chi connectivity index (χ0) is 15.6. The maximum absolute atomic E-state index is 12.3. The van der Waals surface area contributed by atoms with Gasteiger partial charge in [0.2, 0.25) is 0 Å². The predicted molar refractivity (Wildman–Crippen MR) is 91.8 cm³/mol. The maximum atomic E-state index is 12.3. The van der Waals surface area contributed by atoms with Crippen molar-refractivity contribution in [3.8, 4) is 0 Å². The molecule has 0 saturated carbocycles. The van der Waals surface area contributed by atoms with Crippen LogP contribution in [0.2, 0.25) is 0 Å². The van der Waals surface area contributed by atoms with Crippen LogP contribution in [0.15, 0.2) is 30.3 Å². The Balaban J connectivity index is 2.22. The molecule has 0 unspecified atom stereocenters. The number of benzene rings is 1. The molecule has 0 fully saturated rings. The Hall–Kier alpha value is -1.11. The van der Waals surface area contributed by atoms with E-state index in [9.17, 15) is 4.79 Å². The van der Waals surface area contributed by atoms with Crippen molar-refractivity contribution in [1.29, 1.82) is 0 Å². The van der Waals surface area contributed by atoms with Crippen molar-refractivity contribution in [2.24, 2.45) is 5.41 Å². The Labute approximate surface area is 131 Å². The Morgan fingerprint density at radius 3 is 2.10 bits per heavy atom. The Bertz CT molecular complexity index is 392. The summed E-state index contributed by atoms with van der Waals surface area (Å²) in [5, 5.41) is 0. The van der Waals surface area contributed by atoms with Crippen molar-refractivity contribution in [3.63, 3.8) is 0 Å². The van der Waals surface area contributed by atoms with E-state index in [0.717, 1.165) is 12.0 Å². The first-order chi connectivity index (χ1) is 10.0. The van der Waals surface area contributed by atoms with Crippen molar-refractivity contribution < 1.29 is 4.79 Å². The molecule has 1 aromatic carbocycles. The van der Waals surface area contributed by atoms with Gasteiger partial charge in [0, 0.05) is 12.0 Å². The van der Waals surface area contributed by atoms with Gasteiger partial charge in [0.1, 0.15) is 0 Å². The molecule has 1 nitrogen and oxygen atoms in total. The van der Waals surface area contributed by atoms with Crippen LogP contribution in [-0.2, 0) is 0 Å². The van der Waals surface area contributed by atoms with E-state index in [1.165, 1.54) is 44.9 Å². The Morgan fingerprint density at radius 1 is 0.905 bits per heavy atom. The monoisotopic (exact) mass is 288 g/mol. The molecular weight excluding hydrogens is 256 g/mol. The van der Waals surface area contributed by atoms with Crippen LogP contribution < -0.4 is 0 Å². The molecule has 0 aliphatic rings. The molecule has 1 aromatic rings. The first-order valence-electron chi connectivity index (χ1n) is 8.63. The van der Waals surface area contributed by atoms with E-state index < -0.39 is 0 Å². The summed E-state index contributed by atoms with van der Waals surface area (Å²) in [5.74, 6) is 0.281. The van der Waals surface area contributed by atoms with Crippen molar-refractivity contribution in [3.05, 3.63) is 35.9 Å². The van der Waals surface area contributed by atoms with Crippen LogP contribution in [0.5, 0.6) is 0 Å². The minimum Gasteiger partial charge on any atom is -0.294 e. The molecule has 1 rings (SSSR count). The molecule has 21 heavy (non-hydrogen) atoms. The van der Waals surface area contributed by atoms with Gasteiger partial charge in [-0.3, -0.25) is 4.79 Å². The molecule has 0 aliphatic carbocycles. The van der Waals surface area contributed by atoms with Crippen LogP contribution in [-0.4, -0.2) is 5.78 Å². The second-order valence-electron chi connectivity index (χ2n) is 7.00. The van der Waals surface area contributed by atoms with E-state index in [1.807, 2.05) is 30.3 Å². The van der Waals surface area contributed by atoms with Gasteiger partial charge in [0.15, 0.2) is 5.78 Å². The molecule has 0 N–H and O–H groups in total. The van der Waals surface area contributed by atoms with Crippen molar-refractivity contribution in [2.75, 3.05) is 0 Å². The normalized spacial score (nSPS) is 11.6. The van der Waals surface area contributed by atoms with Crippen LogP contribution in [0, 0.1) is 5.41 Å². The molecule has 0 spiro atoms. The molecule has 118 valence electrons. The largest absolute Gasteiger partial charge is 0.294 e. The zero-order valence-electron chi connectivity index (χ0n) is 14.2. The summed E-state index contributed by atoms with van der Waals surface area (Å²) >= 11 is 0. The van der Waals surface area contributed by atoms with Gasteiger partial charge in [0.25, 0.3) is 0 Å². The first-order valence-corrected chi connectivity index (χ1v) is 8.63. The van der Waals surface area contributed by atoms with Crippen molar-refractivity contribution in [2.45, 2.75) is 78.6 Å². The second-order valence-corrected chi connectivity index (χ2v) is 7.00. The van der Waals surface area contributed by atoms with Gasteiger partial charge in [-0.2, -0.15) is 0 Å². The topological polar surface area (TPSA) is 17.1 Å². The van der Waals surface area contributed by atoms with E-state index in [4.69, 9.17) is 0 Å². The molecule has 0 heterocycles. The highest BCUT2D eigenvalue weighted by Gasteiger charge is 2.22. The zero-order valence-corrected chi connectivity index (χ0v) is 14.2. The second kappa shape index (κ2) is 9.76. The van der Waals surface area contributed by atoms with Crippen LogP contribution in [0.3, 0.4) is 0 Å². The van der Waals surface area contributed by atoms with Crippen LogP contribution in [0.25, 0.3) is 0 Å². The Kier molecular flexibility index (Phi) is 8.34. The highest BCUT2D eigenvalue weighted by molar-refractivity contribution is 5.96. The Morgan fingerprint density at radius 2 is 1.48 bits per heavy atom. The molecular formula is C20H32O. The molecule has 0 saturated heterocycles. The standard InChI is InChI=1S/C20H32O/c1-4-5-6-7-8-9-13-16-20(2,3)17-19(21)18-14-11-10-12-15-18/h10-12,14-15H,4-9,13,16-17H2,1-3H3. The highest BCUT2D eigenvalue weighted by atomic mass is 16.1. The number of carbonyl (C=O) groups excluding carboxylic acids is 1. The summed E-state index contributed by atoms with van der Waals surface area (Å²) in [4.78, 5) is 12.3. The first kappa shape index (κ1) is 17.9. The minimum atomic E-state index is 0.121. The van der Waals surface area contributed by atoms with Gasteiger partial charge in [-0.25, -0.2) is 0 Å². The van der Waals surface area contributed by atoms with Crippen LogP contribution >= 0.6 is 0 Å². The van der Waals surface area contributed by atoms with Crippen LogP contribution in [0.1, 0.15) is 88.9 Å². The molecule has 0 bridgehead atoms. The molecule has 0 aliphatic heterocycles. The summed E-state index contributed by atoms with van der Waals surface area (Å²) in [6.45, 7) is 6.71. The fourth-order valence-corrected chi connectivity index (χ4v) is 2.81. The van der Waals surface area contributed by atoms with Crippen LogP contribution in [0.4, 0.5) is 0 Å². The third kappa shape index (κ3) is 8.04. The predicted octanol–water partition coefficient (Wildman–Crippen LogP) is 6.43. The highest BCUT2D eigenvalue weighted by Crippen LogP contribution is 2.29. The van der Waals surface area contributed by atoms with E-state index >= 15 is 0 Å². The number of unbranched alkanes of at least 4 members (excludes halogenated alkanes) is 6. The number of hydrogen-bond donors (Lipinski definition) is 0. The summed E-state index contributed by atoms with van der Waals surface area (Å²) in [7, 11) is 0. The van der Waals surface area contributed by atoms with Gasteiger partial charge < -0.3 is 0 Å².